The van der Waals surface area contributed by atoms with Crippen molar-refractivity contribution in [3.8, 4) is 0 Å². The summed E-state index contributed by atoms with van der Waals surface area (Å²) < 4.78 is 40.4. The van der Waals surface area contributed by atoms with Gasteiger partial charge in [-0.05, 0) is 31.0 Å². The number of rotatable bonds is 4. The number of benzene rings is 1. The van der Waals surface area contributed by atoms with Crippen molar-refractivity contribution in [3.63, 3.8) is 0 Å². The molecule has 10 heteroatoms. The highest BCUT2D eigenvalue weighted by atomic mass is 19.4. The average molecular weight is 418 g/mol. The van der Waals surface area contributed by atoms with E-state index in [4.69, 9.17) is 0 Å². The van der Waals surface area contributed by atoms with Gasteiger partial charge in [-0.1, -0.05) is 6.07 Å². The molecule has 3 heterocycles. The summed E-state index contributed by atoms with van der Waals surface area (Å²) in [5.41, 5.74) is 1.19. The Labute approximate surface area is 170 Å². The number of carbonyl (C=O) groups is 1. The average Bonchev–Trinajstić information content (AvgIpc) is 3.12. The van der Waals surface area contributed by atoms with Crippen LogP contribution in [0.25, 0.3) is 5.65 Å². The number of amides is 2. The highest BCUT2D eigenvalue weighted by Crippen LogP contribution is 2.30. The van der Waals surface area contributed by atoms with Crippen LogP contribution in [0.4, 0.5) is 23.7 Å². The molecule has 0 radical (unpaired) electrons. The van der Waals surface area contributed by atoms with Gasteiger partial charge in [-0.3, -0.25) is 14.3 Å². The summed E-state index contributed by atoms with van der Waals surface area (Å²) in [5.74, 6) is 0. The fraction of sp³-hybridized carbons (Fsp3) is 0.350. The number of hydrogen-bond acceptors (Lipinski definition) is 4. The number of nitrogens with zero attached hydrogens (tertiary/aromatic N) is 4. The van der Waals surface area contributed by atoms with Crippen molar-refractivity contribution in [2.45, 2.75) is 31.6 Å². The fourth-order valence-electron chi connectivity index (χ4n) is 3.60. The molecule has 3 aromatic rings. The molecule has 0 bridgehead atoms. The van der Waals surface area contributed by atoms with Gasteiger partial charge in [0.2, 0.25) is 0 Å². The number of fused-ring (bicyclic) bond motifs is 1. The van der Waals surface area contributed by atoms with Gasteiger partial charge in [0, 0.05) is 43.8 Å². The smallest absolute Gasteiger partial charge is 0.335 e. The van der Waals surface area contributed by atoms with Gasteiger partial charge in [-0.15, -0.1) is 0 Å². The van der Waals surface area contributed by atoms with Crippen LogP contribution in [-0.2, 0) is 12.7 Å². The van der Waals surface area contributed by atoms with E-state index < -0.39 is 17.8 Å². The molecule has 0 aliphatic carbocycles. The summed E-state index contributed by atoms with van der Waals surface area (Å²) in [4.78, 5) is 22.9. The third kappa shape index (κ3) is 4.70. The predicted molar refractivity (Wildman–Crippen MR) is 105 cm³/mol. The number of imidazole rings is 1. The molecule has 30 heavy (non-hydrogen) atoms. The number of urea groups is 1. The first-order valence-electron chi connectivity index (χ1n) is 9.61. The summed E-state index contributed by atoms with van der Waals surface area (Å²) in [6.45, 7) is 2.34. The maximum atomic E-state index is 12.8. The van der Waals surface area contributed by atoms with Gasteiger partial charge in [0.1, 0.15) is 0 Å². The Bertz CT molecular complexity index is 1030. The van der Waals surface area contributed by atoms with Crippen molar-refractivity contribution in [1.82, 2.24) is 24.6 Å². The highest BCUT2D eigenvalue weighted by Gasteiger charge is 2.30. The number of hydrogen-bond donors (Lipinski definition) is 2. The quantitative estimate of drug-likeness (QED) is 0.680. The van der Waals surface area contributed by atoms with Gasteiger partial charge < -0.3 is 10.6 Å². The molecular weight excluding hydrogens is 397 g/mol. The number of carbonyl (C=O) groups excluding carboxylic acids is 1. The van der Waals surface area contributed by atoms with E-state index in [2.05, 4.69) is 25.5 Å². The summed E-state index contributed by atoms with van der Waals surface area (Å²) >= 11 is 0. The van der Waals surface area contributed by atoms with Crippen molar-refractivity contribution in [2.24, 2.45) is 0 Å². The minimum absolute atomic E-state index is 0.0292. The molecule has 7 nitrogen and oxygen atoms in total. The van der Waals surface area contributed by atoms with Crippen LogP contribution in [0.5, 0.6) is 0 Å². The van der Waals surface area contributed by atoms with Crippen molar-refractivity contribution in [3.05, 3.63) is 60.3 Å². The lowest BCUT2D eigenvalue weighted by Gasteiger charge is -2.32. The Morgan fingerprint density at radius 3 is 2.77 bits per heavy atom. The molecule has 1 aliphatic rings. The molecule has 2 aromatic heterocycles. The number of alkyl halides is 3. The zero-order valence-corrected chi connectivity index (χ0v) is 16.1. The molecule has 0 spiro atoms. The lowest BCUT2D eigenvalue weighted by Crippen LogP contribution is -2.45. The first-order valence-corrected chi connectivity index (χ1v) is 9.61. The molecule has 0 unspecified atom stereocenters. The lowest BCUT2D eigenvalue weighted by atomic mass is 10.1. The Kier molecular flexibility index (Phi) is 5.58. The van der Waals surface area contributed by atoms with Crippen LogP contribution < -0.4 is 10.6 Å². The second kappa shape index (κ2) is 8.31. The van der Waals surface area contributed by atoms with E-state index in [-0.39, 0.29) is 11.7 Å². The monoisotopic (exact) mass is 418 g/mol. The second-order valence-electron chi connectivity index (χ2n) is 7.28. The summed E-state index contributed by atoms with van der Waals surface area (Å²) in [7, 11) is 0. The SMILES string of the molecule is O=C(Nc1cccc(C(F)(F)F)c1)NC1CCN(Cc2cnc3cnccn23)CC1. The summed E-state index contributed by atoms with van der Waals surface area (Å²) in [6, 6.07) is 4.07. The molecule has 0 atom stereocenters. The summed E-state index contributed by atoms with van der Waals surface area (Å²) in [5, 5.41) is 5.34. The molecule has 158 valence electrons. The van der Waals surface area contributed by atoms with Crippen molar-refractivity contribution in [2.75, 3.05) is 18.4 Å². The van der Waals surface area contributed by atoms with Crippen LogP contribution in [0.15, 0.2) is 49.1 Å². The molecule has 0 saturated carbocycles. The van der Waals surface area contributed by atoms with Crippen molar-refractivity contribution in [1.29, 1.82) is 0 Å². The Morgan fingerprint density at radius 2 is 2.00 bits per heavy atom. The molecule has 1 aromatic carbocycles. The van der Waals surface area contributed by atoms with E-state index in [0.717, 1.165) is 55.9 Å². The molecule has 2 amide bonds. The van der Waals surface area contributed by atoms with Crippen LogP contribution in [0.2, 0.25) is 0 Å². The molecule has 2 N–H and O–H groups in total. The minimum atomic E-state index is -4.45. The maximum Gasteiger partial charge on any atom is 0.416 e. The number of aromatic nitrogens is 3. The van der Waals surface area contributed by atoms with Gasteiger partial charge in [0.25, 0.3) is 0 Å². The number of halogens is 3. The molecule has 1 fully saturated rings. The fourth-order valence-corrected chi connectivity index (χ4v) is 3.60. The van der Waals surface area contributed by atoms with Gasteiger partial charge in [0.05, 0.1) is 23.7 Å². The van der Waals surface area contributed by atoms with E-state index in [1.165, 1.54) is 12.1 Å². The predicted octanol–water partition coefficient (Wildman–Crippen LogP) is 3.53. The standard InChI is InChI=1S/C20H21F3N6O/c21-20(22,23)14-2-1-3-16(10-14)27-19(30)26-15-4-7-28(8-5-15)13-17-11-25-18-12-24-6-9-29(17)18/h1-3,6,9-12,15H,4-5,7-8,13H2,(H2,26,27,30). The van der Waals surface area contributed by atoms with Crippen LogP contribution in [-0.4, -0.2) is 44.4 Å². The lowest BCUT2D eigenvalue weighted by molar-refractivity contribution is -0.137. The third-order valence-corrected chi connectivity index (χ3v) is 5.15. The zero-order valence-electron chi connectivity index (χ0n) is 16.1. The van der Waals surface area contributed by atoms with E-state index in [0.29, 0.717) is 0 Å². The van der Waals surface area contributed by atoms with E-state index in [1.807, 2.05) is 16.8 Å². The second-order valence-corrected chi connectivity index (χ2v) is 7.28. The minimum Gasteiger partial charge on any atom is -0.335 e. The number of piperidine rings is 1. The Hall–Kier alpha value is -3.14. The normalized spacial score (nSPS) is 16.0. The zero-order chi connectivity index (χ0) is 21.1. The molecule has 1 aliphatic heterocycles. The maximum absolute atomic E-state index is 12.8. The number of anilines is 1. The topological polar surface area (TPSA) is 74.6 Å². The van der Waals surface area contributed by atoms with E-state index in [9.17, 15) is 18.0 Å². The van der Waals surface area contributed by atoms with E-state index >= 15 is 0 Å². The van der Waals surface area contributed by atoms with Crippen LogP contribution in [0, 0.1) is 0 Å². The highest BCUT2D eigenvalue weighted by molar-refractivity contribution is 5.89. The Morgan fingerprint density at radius 1 is 1.20 bits per heavy atom. The number of likely N-dealkylation sites (tertiary alicyclic amines) is 1. The number of nitrogens with one attached hydrogen (secondary N) is 2. The molecule has 4 rings (SSSR count). The van der Waals surface area contributed by atoms with Gasteiger partial charge in [0.15, 0.2) is 5.65 Å². The van der Waals surface area contributed by atoms with Gasteiger partial charge in [-0.2, -0.15) is 13.2 Å². The summed E-state index contributed by atoms with van der Waals surface area (Å²) in [6.07, 6.45) is 4.22. The Balaban J connectivity index is 1.27. The molecular formula is C20H21F3N6O. The van der Waals surface area contributed by atoms with Gasteiger partial charge >= 0.3 is 12.2 Å². The largest absolute Gasteiger partial charge is 0.416 e. The van der Waals surface area contributed by atoms with Crippen LogP contribution in [0.3, 0.4) is 0 Å². The first-order chi connectivity index (χ1) is 14.4. The van der Waals surface area contributed by atoms with Crippen LogP contribution >= 0.6 is 0 Å². The van der Waals surface area contributed by atoms with Gasteiger partial charge in [-0.25, -0.2) is 9.78 Å². The third-order valence-electron chi connectivity index (χ3n) is 5.15. The van der Waals surface area contributed by atoms with Crippen molar-refractivity contribution >= 4 is 17.4 Å². The first kappa shape index (κ1) is 20.1. The molecule has 1 saturated heterocycles. The van der Waals surface area contributed by atoms with Crippen LogP contribution in [0.1, 0.15) is 24.1 Å². The van der Waals surface area contributed by atoms with E-state index in [1.54, 1.807) is 12.4 Å². The van der Waals surface area contributed by atoms with Crippen molar-refractivity contribution < 1.29 is 18.0 Å².